The Balaban J connectivity index is 3.08. The van der Waals surface area contributed by atoms with E-state index in [4.69, 9.17) is 34.0 Å². The predicted molar refractivity (Wildman–Crippen MR) is 48.8 cm³/mol. The molecule has 13 heavy (non-hydrogen) atoms. The van der Waals surface area contributed by atoms with Crippen LogP contribution in [0.15, 0.2) is 12.1 Å². The molecular formula is C7H6Cl2N2O2. The zero-order valence-electron chi connectivity index (χ0n) is 6.37. The molecule has 1 atom stereocenters. The van der Waals surface area contributed by atoms with Gasteiger partial charge in [0.1, 0.15) is 16.3 Å². The van der Waals surface area contributed by atoms with Gasteiger partial charge in [0.05, 0.1) is 0 Å². The van der Waals surface area contributed by atoms with Crippen molar-refractivity contribution in [2.24, 2.45) is 5.73 Å². The third-order valence-electron chi connectivity index (χ3n) is 1.44. The minimum atomic E-state index is -1.17. The number of nitrogens with zero attached hydrogens (tertiary/aromatic N) is 1. The molecule has 0 spiro atoms. The van der Waals surface area contributed by atoms with Gasteiger partial charge in [-0.1, -0.05) is 29.3 Å². The minimum Gasteiger partial charge on any atom is -0.480 e. The van der Waals surface area contributed by atoms with Crippen LogP contribution in [0.2, 0.25) is 10.3 Å². The molecule has 70 valence electrons. The lowest BCUT2D eigenvalue weighted by molar-refractivity contribution is -0.138. The molecule has 0 amide bonds. The summed E-state index contributed by atoms with van der Waals surface area (Å²) < 4.78 is 0. The van der Waals surface area contributed by atoms with Gasteiger partial charge in [-0.2, -0.15) is 0 Å². The van der Waals surface area contributed by atoms with Crippen LogP contribution in [0, 0.1) is 0 Å². The number of aromatic nitrogens is 1. The molecule has 1 aromatic heterocycles. The maximum absolute atomic E-state index is 10.5. The Morgan fingerprint density at radius 1 is 1.54 bits per heavy atom. The number of hydrogen-bond acceptors (Lipinski definition) is 3. The predicted octanol–water partition coefficient (Wildman–Crippen LogP) is 1.47. The number of carboxylic acids is 1. The lowest BCUT2D eigenvalue weighted by Crippen LogP contribution is -2.21. The molecule has 6 heteroatoms. The molecule has 0 fully saturated rings. The van der Waals surface area contributed by atoms with E-state index < -0.39 is 12.0 Å². The fourth-order valence-corrected chi connectivity index (χ4v) is 1.25. The fraction of sp³-hybridized carbons (Fsp3) is 0.143. The number of aliphatic carboxylic acids is 1. The molecule has 0 aliphatic rings. The number of rotatable bonds is 2. The van der Waals surface area contributed by atoms with E-state index in [0.29, 0.717) is 0 Å². The molecule has 0 aliphatic heterocycles. The van der Waals surface area contributed by atoms with Gasteiger partial charge in [0, 0.05) is 5.56 Å². The van der Waals surface area contributed by atoms with Crippen LogP contribution in [0.25, 0.3) is 0 Å². The summed E-state index contributed by atoms with van der Waals surface area (Å²) in [4.78, 5) is 14.2. The van der Waals surface area contributed by atoms with Crippen molar-refractivity contribution in [2.45, 2.75) is 6.04 Å². The summed E-state index contributed by atoms with van der Waals surface area (Å²) in [6.07, 6.45) is 0. The number of halogens is 2. The molecule has 0 saturated heterocycles. The monoisotopic (exact) mass is 220 g/mol. The largest absolute Gasteiger partial charge is 0.480 e. The topological polar surface area (TPSA) is 76.2 Å². The van der Waals surface area contributed by atoms with E-state index in [1.54, 1.807) is 0 Å². The first-order valence-corrected chi connectivity index (χ1v) is 4.08. The van der Waals surface area contributed by atoms with E-state index >= 15 is 0 Å². The lowest BCUT2D eigenvalue weighted by Gasteiger charge is -2.07. The van der Waals surface area contributed by atoms with Gasteiger partial charge in [0.15, 0.2) is 0 Å². The molecule has 0 aromatic carbocycles. The summed E-state index contributed by atoms with van der Waals surface area (Å²) in [6.45, 7) is 0. The van der Waals surface area contributed by atoms with E-state index in [0.717, 1.165) is 0 Å². The Hall–Kier alpha value is -0.840. The molecule has 1 heterocycles. The van der Waals surface area contributed by atoms with Crippen LogP contribution in [0.5, 0.6) is 0 Å². The summed E-state index contributed by atoms with van der Waals surface area (Å²) in [6, 6.07) is 1.71. The second-order valence-corrected chi connectivity index (χ2v) is 3.08. The lowest BCUT2D eigenvalue weighted by atomic mass is 10.1. The van der Waals surface area contributed by atoms with Crippen molar-refractivity contribution in [1.29, 1.82) is 0 Å². The van der Waals surface area contributed by atoms with Crippen LogP contribution in [0.3, 0.4) is 0 Å². The minimum absolute atomic E-state index is 0.0161. The summed E-state index contributed by atoms with van der Waals surface area (Å²) in [5.74, 6) is -1.16. The third kappa shape index (κ3) is 2.30. The average Bonchev–Trinajstić information content (AvgIpc) is 2.03. The Kier molecular flexibility index (Phi) is 3.08. The SMILES string of the molecule is NC(C(=O)O)c1ccc(Cl)nc1Cl. The number of hydrogen-bond donors (Lipinski definition) is 2. The highest BCUT2D eigenvalue weighted by Crippen LogP contribution is 2.21. The van der Waals surface area contributed by atoms with E-state index in [1.165, 1.54) is 12.1 Å². The first-order valence-electron chi connectivity index (χ1n) is 3.32. The first kappa shape index (κ1) is 10.2. The van der Waals surface area contributed by atoms with Gasteiger partial charge < -0.3 is 10.8 Å². The first-order chi connectivity index (χ1) is 6.02. The quantitative estimate of drug-likeness (QED) is 0.741. The van der Waals surface area contributed by atoms with Crippen molar-refractivity contribution < 1.29 is 9.90 Å². The van der Waals surface area contributed by atoms with Gasteiger partial charge in [-0.25, -0.2) is 4.98 Å². The maximum Gasteiger partial charge on any atom is 0.325 e. The Morgan fingerprint density at radius 3 is 2.62 bits per heavy atom. The zero-order valence-corrected chi connectivity index (χ0v) is 7.88. The van der Waals surface area contributed by atoms with Crippen LogP contribution < -0.4 is 5.73 Å². The van der Waals surface area contributed by atoms with Crippen molar-refractivity contribution in [3.05, 3.63) is 28.0 Å². The van der Waals surface area contributed by atoms with Crippen molar-refractivity contribution in [3.63, 3.8) is 0 Å². The molecule has 0 radical (unpaired) electrons. The van der Waals surface area contributed by atoms with Gasteiger partial charge in [-0.3, -0.25) is 4.79 Å². The fourth-order valence-electron chi connectivity index (χ4n) is 0.788. The molecule has 0 aliphatic carbocycles. The van der Waals surface area contributed by atoms with E-state index in [1.807, 2.05) is 0 Å². The van der Waals surface area contributed by atoms with Crippen LogP contribution in [0.4, 0.5) is 0 Å². The highest BCUT2D eigenvalue weighted by Gasteiger charge is 2.18. The second kappa shape index (κ2) is 3.91. The molecule has 0 saturated carbocycles. The van der Waals surface area contributed by atoms with Crippen molar-refractivity contribution in [3.8, 4) is 0 Å². The van der Waals surface area contributed by atoms with Crippen LogP contribution >= 0.6 is 23.2 Å². The second-order valence-electron chi connectivity index (χ2n) is 2.33. The number of carboxylic acid groups (broad SMARTS) is 1. The zero-order chi connectivity index (χ0) is 10.0. The van der Waals surface area contributed by atoms with Gasteiger partial charge in [0.2, 0.25) is 0 Å². The summed E-state index contributed by atoms with van der Waals surface area (Å²) in [5.41, 5.74) is 5.57. The molecule has 3 N–H and O–H groups in total. The van der Waals surface area contributed by atoms with E-state index in [9.17, 15) is 4.79 Å². The molecule has 1 unspecified atom stereocenters. The third-order valence-corrected chi connectivity index (χ3v) is 1.96. The van der Waals surface area contributed by atoms with Gasteiger partial charge in [-0.15, -0.1) is 0 Å². The summed E-state index contributed by atoms with van der Waals surface area (Å²) in [7, 11) is 0. The van der Waals surface area contributed by atoms with Crippen LogP contribution in [-0.4, -0.2) is 16.1 Å². The van der Waals surface area contributed by atoms with Crippen LogP contribution in [0.1, 0.15) is 11.6 Å². The standard InChI is InChI=1S/C7H6Cl2N2O2/c8-4-2-1-3(6(9)11-4)5(10)7(12)13/h1-2,5H,10H2,(H,12,13). The van der Waals surface area contributed by atoms with Crippen molar-refractivity contribution >= 4 is 29.2 Å². The number of carbonyl (C=O) groups is 1. The molecular weight excluding hydrogens is 215 g/mol. The van der Waals surface area contributed by atoms with E-state index in [2.05, 4.69) is 4.98 Å². The molecule has 4 nitrogen and oxygen atoms in total. The Labute approximate surface area is 84.3 Å². The maximum atomic E-state index is 10.5. The van der Waals surface area contributed by atoms with Crippen LogP contribution in [-0.2, 0) is 4.79 Å². The van der Waals surface area contributed by atoms with Crippen molar-refractivity contribution in [1.82, 2.24) is 4.98 Å². The summed E-state index contributed by atoms with van der Waals surface area (Å²) >= 11 is 11.1. The molecule has 1 aromatic rings. The highest BCUT2D eigenvalue weighted by atomic mass is 35.5. The molecule has 1 rings (SSSR count). The van der Waals surface area contributed by atoms with E-state index in [-0.39, 0.29) is 15.9 Å². The van der Waals surface area contributed by atoms with Gasteiger partial charge in [0.25, 0.3) is 0 Å². The number of pyridine rings is 1. The Bertz CT molecular complexity index is 343. The van der Waals surface area contributed by atoms with Crippen molar-refractivity contribution in [2.75, 3.05) is 0 Å². The summed E-state index contributed by atoms with van der Waals surface area (Å²) in [5, 5.41) is 8.80. The number of nitrogens with two attached hydrogens (primary N) is 1. The smallest absolute Gasteiger partial charge is 0.325 e. The highest BCUT2D eigenvalue weighted by molar-refractivity contribution is 6.33. The Morgan fingerprint density at radius 2 is 2.15 bits per heavy atom. The molecule has 0 bridgehead atoms. The average molecular weight is 221 g/mol. The van der Waals surface area contributed by atoms with Gasteiger partial charge in [-0.05, 0) is 6.07 Å². The normalized spacial score (nSPS) is 12.5. The van der Waals surface area contributed by atoms with Gasteiger partial charge >= 0.3 is 5.97 Å².